The van der Waals surface area contributed by atoms with Gasteiger partial charge in [-0.15, -0.1) is 10.2 Å². The quantitative estimate of drug-likeness (QED) is 0.0405. The average molecular weight is 644 g/mol. The van der Waals surface area contributed by atoms with Crippen LogP contribution in [-0.2, 0) is 15.3 Å². The molecule has 1 saturated heterocycles. The molecule has 6 rings (SSSR count). The first kappa shape index (κ1) is 30.5. The topological polar surface area (TPSA) is 110 Å². The predicted molar refractivity (Wildman–Crippen MR) is 172 cm³/mol. The Kier molecular flexibility index (Phi) is 8.95. The van der Waals surface area contributed by atoms with E-state index in [1.165, 1.54) is 22.7 Å². The number of aromatic nitrogens is 4. The lowest BCUT2D eigenvalue weighted by atomic mass is 9.96. The zero-order valence-electron chi connectivity index (χ0n) is 24.6. The van der Waals surface area contributed by atoms with Crippen LogP contribution in [0.2, 0.25) is 0 Å². The molecule has 9 nitrogen and oxygen atoms in total. The van der Waals surface area contributed by atoms with E-state index in [0.29, 0.717) is 50.6 Å². The number of pyridine rings is 1. The van der Waals surface area contributed by atoms with Crippen LogP contribution in [0, 0.1) is 12.7 Å². The number of ketones is 1. The Hall–Kier alpha value is -4.55. The zero-order valence-corrected chi connectivity index (χ0v) is 26.3. The van der Waals surface area contributed by atoms with Crippen molar-refractivity contribution in [2.45, 2.75) is 49.2 Å². The van der Waals surface area contributed by atoms with Crippen LogP contribution in [0.3, 0.4) is 0 Å². The number of benzene rings is 2. The maximum atomic E-state index is 14.2. The van der Waals surface area contributed by atoms with E-state index in [0.717, 1.165) is 30.6 Å². The van der Waals surface area contributed by atoms with Crippen LogP contribution in [0.15, 0.2) is 82.8 Å². The summed E-state index contributed by atoms with van der Waals surface area (Å²) in [6.07, 6.45) is 4.83. The van der Waals surface area contributed by atoms with Crippen molar-refractivity contribution < 1.29 is 23.8 Å². The molecule has 5 aromatic rings. The summed E-state index contributed by atoms with van der Waals surface area (Å²) in [5.41, 5.74) is 2.43. The number of imidazole rings is 1. The minimum Gasteiger partial charge on any atom is -0.505 e. The molecule has 1 aliphatic rings. The van der Waals surface area contributed by atoms with E-state index in [1.807, 2.05) is 6.07 Å². The van der Waals surface area contributed by atoms with Crippen molar-refractivity contribution in [3.05, 3.63) is 107 Å². The third-order valence-electron chi connectivity index (χ3n) is 7.50. The van der Waals surface area contributed by atoms with Gasteiger partial charge in [0.05, 0.1) is 23.9 Å². The minimum atomic E-state index is -0.995. The van der Waals surface area contributed by atoms with Gasteiger partial charge >= 0.3 is 5.91 Å². The summed E-state index contributed by atoms with van der Waals surface area (Å²) in [5, 5.41) is 20.4. The number of carbonyl (C=O) groups excluding carboxylic acids is 2. The third kappa shape index (κ3) is 6.07. The summed E-state index contributed by atoms with van der Waals surface area (Å²) in [6, 6.07) is 18.0. The number of anilines is 1. The number of halogens is 1. The summed E-state index contributed by atoms with van der Waals surface area (Å²) in [6.45, 7) is 4.45. The van der Waals surface area contributed by atoms with E-state index < -0.39 is 17.7 Å². The molecule has 12 heteroatoms. The first-order valence-electron chi connectivity index (χ1n) is 14.5. The molecule has 230 valence electrons. The smallest absolute Gasteiger partial charge is 0.301 e. The average Bonchev–Trinajstić information content (AvgIpc) is 3.72. The second-order valence-electron chi connectivity index (χ2n) is 10.5. The number of aryl methyl sites for hydroxylation is 1. The van der Waals surface area contributed by atoms with Gasteiger partial charge in [-0.1, -0.05) is 79.3 Å². The molecule has 1 fully saturated rings. The Morgan fingerprint density at radius 3 is 2.60 bits per heavy atom. The number of unbranched alkanes of at least 4 members (excludes halogenated alkanes) is 2. The number of aliphatic hydroxyl groups excluding tert-OH is 1. The monoisotopic (exact) mass is 643 g/mol. The van der Waals surface area contributed by atoms with Crippen LogP contribution in [-0.4, -0.2) is 43.0 Å². The number of thioether (sulfide) groups is 1. The molecular formula is C33H30FN5O4S2. The molecule has 4 heterocycles. The summed E-state index contributed by atoms with van der Waals surface area (Å²) in [5.74, 6) is -1.37. The molecule has 0 bridgehead atoms. The van der Waals surface area contributed by atoms with Crippen molar-refractivity contribution in [2.24, 2.45) is 0 Å². The van der Waals surface area contributed by atoms with Crippen LogP contribution in [0.25, 0.3) is 11.4 Å². The molecule has 0 saturated carbocycles. The lowest BCUT2D eigenvalue weighted by Gasteiger charge is -2.22. The molecular weight excluding hydrogens is 614 g/mol. The molecule has 0 aliphatic carbocycles. The van der Waals surface area contributed by atoms with Gasteiger partial charge in [-0.05, 0) is 54.8 Å². The van der Waals surface area contributed by atoms with Crippen LogP contribution in [0.4, 0.5) is 9.52 Å². The Balaban J connectivity index is 1.39. The van der Waals surface area contributed by atoms with E-state index in [4.69, 9.17) is 4.74 Å². The molecule has 1 unspecified atom stereocenters. The fourth-order valence-electron chi connectivity index (χ4n) is 5.27. The van der Waals surface area contributed by atoms with E-state index in [2.05, 4.69) is 22.1 Å². The molecule has 1 atom stereocenters. The zero-order chi connectivity index (χ0) is 31.5. The van der Waals surface area contributed by atoms with Gasteiger partial charge in [0.1, 0.15) is 22.9 Å². The molecule has 45 heavy (non-hydrogen) atoms. The molecule has 0 radical (unpaired) electrons. The van der Waals surface area contributed by atoms with Crippen LogP contribution in [0.5, 0.6) is 5.75 Å². The van der Waals surface area contributed by atoms with Gasteiger partial charge in [0.15, 0.2) is 10.1 Å². The summed E-state index contributed by atoms with van der Waals surface area (Å²) >= 11 is 2.40. The first-order chi connectivity index (χ1) is 21.9. The normalized spacial score (nSPS) is 16.2. The van der Waals surface area contributed by atoms with Crippen LogP contribution >= 0.6 is 23.1 Å². The number of nitrogens with zero attached hydrogens (tertiary/aromatic N) is 5. The Morgan fingerprint density at radius 2 is 1.82 bits per heavy atom. The lowest BCUT2D eigenvalue weighted by molar-refractivity contribution is -0.132. The lowest BCUT2D eigenvalue weighted by Crippen LogP contribution is -2.29. The number of rotatable bonds is 11. The minimum absolute atomic E-state index is 0.0823. The number of ether oxygens (including phenoxy) is 1. The highest BCUT2D eigenvalue weighted by atomic mass is 32.2. The summed E-state index contributed by atoms with van der Waals surface area (Å²) in [7, 11) is 0. The van der Waals surface area contributed by atoms with Crippen LogP contribution < -0.4 is 9.64 Å². The number of amides is 1. The van der Waals surface area contributed by atoms with Gasteiger partial charge in [-0.25, -0.2) is 9.37 Å². The maximum Gasteiger partial charge on any atom is 0.301 e. The largest absolute Gasteiger partial charge is 0.505 e. The maximum absolute atomic E-state index is 14.2. The Bertz CT molecular complexity index is 1900. The Morgan fingerprint density at radius 1 is 1.04 bits per heavy atom. The van der Waals surface area contributed by atoms with Gasteiger partial charge in [0.25, 0.3) is 5.78 Å². The van der Waals surface area contributed by atoms with E-state index in [9.17, 15) is 19.1 Å². The van der Waals surface area contributed by atoms with Gasteiger partial charge < -0.3 is 9.84 Å². The van der Waals surface area contributed by atoms with Crippen LogP contribution in [0.1, 0.15) is 54.7 Å². The second-order valence-corrected chi connectivity index (χ2v) is 12.7. The standard InChI is InChI=1S/C33H30FN5O4S2/c1-3-4-9-18-43-23-15-13-21(14-16-23)28-26(29(40)27-20(2)35-25-12-7-8-17-38(25)27)30(41)31(42)39(28)32-36-37-33(45-32)44-19-22-10-5-6-11-24(22)34/h5-8,10-17,28,40H,3-4,9,18-19H2,1-2H3/b29-26+. The molecule has 3 aromatic heterocycles. The van der Waals surface area contributed by atoms with Gasteiger partial charge in [-0.2, -0.15) is 0 Å². The molecule has 2 aromatic carbocycles. The molecule has 1 N–H and O–H groups in total. The van der Waals surface area contributed by atoms with Gasteiger partial charge in [-0.3, -0.25) is 18.9 Å². The fourth-order valence-corrected chi connectivity index (χ4v) is 7.13. The summed E-state index contributed by atoms with van der Waals surface area (Å²) in [4.78, 5) is 33.2. The van der Waals surface area contributed by atoms with Crippen molar-refractivity contribution in [2.75, 3.05) is 11.5 Å². The number of Topliss-reactive ketones (excluding diaryl/α,β-unsaturated/α-hetero) is 1. The predicted octanol–water partition coefficient (Wildman–Crippen LogP) is 7.12. The van der Waals surface area contributed by atoms with E-state index in [1.54, 1.807) is 72.1 Å². The number of hydrogen-bond acceptors (Lipinski definition) is 9. The highest BCUT2D eigenvalue weighted by Crippen LogP contribution is 2.44. The fraction of sp³-hybridized carbons (Fsp3) is 0.242. The second kappa shape index (κ2) is 13.2. The molecule has 0 spiro atoms. The van der Waals surface area contributed by atoms with Crippen molar-refractivity contribution in [3.63, 3.8) is 0 Å². The number of fused-ring (bicyclic) bond motifs is 1. The van der Waals surface area contributed by atoms with Crippen molar-refractivity contribution in [1.29, 1.82) is 0 Å². The SMILES string of the molecule is CCCCCOc1ccc(C2/C(=C(\O)c3c(C)nc4ccccn34)C(=O)C(=O)N2c2nnc(SCc3ccccc3F)s2)cc1. The number of aliphatic hydroxyl groups is 1. The molecule has 1 aliphatic heterocycles. The van der Waals surface area contributed by atoms with E-state index >= 15 is 0 Å². The third-order valence-corrected chi connectivity index (χ3v) is 9.60. The van der Waals surface area contributed by atoms with E-state index in [-0.39, 0.29) is 22.3 Å². The van der Waals surface area contributed by atoms with Gasteiger partial charge in [0.2, 0.25) is 5.13 Å². The highest BCUT2D eigenvalue weighted by Gasteiger charge is 2.49. The Labute approximate surface area is 267 Å². The van der Waals surface area contributed by atoms with Crippen molar-refractivity contribution in [3.8, 4) is 5.75 Å². The molecule has 1 amide bonds. The van der Waals surface area contributed by atoms with Gasteiger partial charge in [0, 0.05) is 11.9 Å². The highest BCUT2D eigenvalue weighted by molar-refractivity contribution is 8.00. The number of hydrogen-bond donors (Lipinski definition) is 1. The summed E-state index contributed by atoms with van der Waals surface area (Å²) < 4.78 is 22.3. The number of carbonyl (C=O) groups is 2. The first-order valence-corrected chi connectivity index (χ1v) is 16.3. The van der Waals surface area contributed by atoms with Crippen molar-refractivity contribution >= 4 is 51.3 Å². The van der Waals surface area contributed by atoms with Crippen molar-refractivity contribution in [1.82, 2.24) is 19.6 Å².